The lowest BCUT2D eigenvalue weighted by Gasteiger charge is -2.25. The van der Waals surface area contributed by atoms with Crippen molar-refractivity contribution >= 4 is 40.7 Å². The van der Waals surface area contributed by atoms with Gasteiger partial charge < -0.3 is 14.7 Å². The predicted octanol–water partition coefficient (Wildman–Crippen LogP) is 4.13. The maximum Gasteiger partial charge on any atom is 0.295 e. The van der Waals surface area contributed by atoms with Gasteiger partial charge in [0, 0.05) is 23.6 Å². The third kappa shape index (κ3) is 4.60. The number of halogens is 2. The van der Waals surface area contributed by atoms with Gasteiger partial charge in [-0.25, -0.2) is 4.57 Å². The molecule has 7 nitrogen and oxygen atoms in total. The number of nitrogens with zero attached hydrogens (tertiary/aromatic N) is 2. The standard InChI is InChI=1S/C24H21Cl2N3O4/c1-33-19-8-5-16(13-18(19)26)22(30)20-21(15-3-6-17(25)7-4-15)29(24(32)23(20)31)11-2-10-28-12-9-27-14-28/h3-9,12-14,21H,2,10-11H2,1H3,(H,30,31)/p+1. The molecule has 1 aliphatic heterocycles. The number of imidazole rings is 1. The van der Waals surface area contributed by atoms with E-state index in [9.17, 15) is 14.7 Å². The number of Topliss-reactive ketones (excluding diaryl/α,β-unsaturated/α-hetero) is 1. The van der Waals surface area contributed by atoms with Crippen LogP contribution in [0.15, 0.2) is 66.8 Å². The summed E-state index contributed by atoms with van der Waals surface area (Å²) >= 11 is 12.3. The summed E-state index contributed by atoms with van der Waals surface area (Å²) in [7, 11) is 1.48. The van der Waals surface area contributed by atoms with Gasteiger partial charge in [-0.05, 0) is 35.9 Å². The van der Waals surface area contributed by atoms with Crippen molar-refractivity contribution in [3.8, 4) is 5.75 Å². The van der Waals surface area contributed by atoms with E-state index in [4.69, 9.17) is 27.9 Å². The first kappa shape index (κ1) is 22.9. The molecule has 0 radical (unpaired) electrons. The molecule has 9 heteroatoms. The van der Waals surface area contributed by atoms with Crippen LogP contribution in [0.1, 0.15) is 23.6 Å². The molecule has 4 rings (SSSR count). The van der Waals surface area contributed by atoms with Crippen molar-refractivity contribution in [2.24, 2.45) is 0 Å². The fourth-order valence-corrected chi connectivity index (χ4v) is 4.34. The average Bonchev–Trinajstić information content (AvgIpc) is 3.41. The predicted molar refractivity (Wildman–Crippen MR) is 124 cm³/mol. The summed E-state index contributed by atoms with van der Waals surface area (Å²) in [5.74, 6) is -1.26. The summed E-state index contributed by atoms with van der Waals surface area (Å²) in [5, 5.41) is 11.9. The SMILES string of the molecule is COc1ccc(C(O)=C2C(=O)C(=O)N(CCC[n+]3cc[nH]c3)C2c2ccc(Cl)cc2)cc1Cl. The first-order valence-corrected chi connectivity index (χ1v) is 11.1. The maximum absolute atomic E-state index is 13.1. The highest BCUT2D eigenvalue weighted by Crippen LogP contribution is 2.40. The van der Waals surface area contributed by atoms with Crippen molar-refractivity contribution < 1.29 is 24.0 Å². The minimum absolute atomic E-state index is 0.0119. The Morgan fingerprint density at radius 1 is 1.18 bits per heavy atom. The number of aryl methyl sites for hydroxylation is 1. The Balaban J connectivity index is 1.74. The summed E-state index contributed by atoms with van der Waals surface area (Å²) in [4.78, 5) is 30.6. The van der Waals surface area contributed by atoms with Crippen molar-refractivity contribution in [1.82, 2.24) is 9.88 Å². The topological polar surface area (TPSA) is 86.5 Å². The Morgan fingerprint density at radius 3 is 2.58 bits per heavy atom. The van der Waals surface area contributed by atoms with E-state index < -0.39 is 17.7 Å². The second kappa shape index (κ2) is 9.68. The lowest BCUT2D eigenvalue weighted by molar-refractivity contribution is -0.695. The number of hydrogen-bond donors (Lipinski definition) is 2. The monoisotopic (exact) mass is 486 g/mol. The second-order valence-corrected chi connectivity index (χ2v) is 8.44. The molecule has 170 valence electrons. The van der Waals surface area contributed by atoms with Crippen LogP contribution in [0.4, 0.5) is 0 Å². The number of carbonyl (C=O) groups excluding carboxylic acids is 2. The lowest BCUT2D eigenvalue weighted by Crippen LogP contribution is -2.36. The van der Waals surface area contributed by atoms with E-state index >= 15 is 0 Å². The number of aliphatic hydroxyl groups excluding tert-OH is 1. The summed E-state index contributed by atoms with van der Waals surface area (Å²) in [6.07, 6.45) is 6.13. The summed E-state index contributed by atoms with van der Waals surface area (Å²) in [6, 6.07) is 10.8. The van der Waals surface area contributed by atoms with Crippen LogP contribution in [0, 0.1) is 0 Å². The van der Waals surface area contributed by atoms with Crippen LogP contribution < -0.4 is 9.30 Å². The highest BCUT2D eigenvalue weighted by Gasteiger charge is 2.45. The molecular formula is C24H22Cl2N3O4+. The quantitative estimate of drug-likeness (QED) is 0.227. The zero-order valence-electron chi connectivity index (χ0n) is 17.8. The van der Waals surface area contributed by atoms with Gasteiger partial charge in [0.1, 0.15) is 23.9 Å². The number of ether oxygens (including phenoxy) is 1. The van der Waals surface area contributed by atoms with Gasteiger partial charge in [-0.1, -0.05) is 35.3 Å². The molecule has 1 fully saturated rings. The number of carbonyl (C=O) groups is 2. The molecule has 1 amide bonds. The van der Waals surface area contributed by atoms with Crippen molar-refractivity contribution in [3.05, 3.63) is 87.9 Å². The van der Waals surface area contributed by atoms with Gasteiger partial charge >= 0.3 is 0 Å². The highest BCUT2D eigenvalue weighted by molar-refractivity contribution is 6.46. The number of likely N-dealkylation sites (tertiary alicyclic amines) is 1. The van der Waals surface area contributed by atoms with Crippen LogP contribution in [-0.2, 0) is 16.1 Å². The first-order chi connectivity index (χ1) is 15.9. The van der Waals surface area contributed by atoms with E-state index in [-0.39, 0.29) is 16.4 Å². The van der Waals surface area contributed by atoms with Crippen molar-refractivity contribution in [2.45, 2.75) is 19.0 Å². The van der Waals surface area contributed by atoms with Crippen molar-refractivity contribution in [3.63, 3.8) is 0 Å². The molecule has 0 spiro atoms. The zero-order valence-corrected chi connectivity index (χ0v) is 19.3. The smallest absolute Gasteiger partial charge is 0.295 e. The van der Waals surface area contributed by atoms with Crippen LogP contribution in [-0.4, -0.2) is 40.3 Å². The van der Waals surface area contributed by atoms with Gasteiger partial charge in [0.15, 0.2) is 0 Å². The van der Waals surface area contributed by atoms with Crippen molar-refractivity contribution in [2.75, 3.05) is 13.7 Å². The van der Waals surface area contributed by atoms with Crippen LogP contribution in [0.3, 0.4) is 0 Å². The fraction of sp³-hybridized carbons (Fsp3) is 0.208. The minimum Gasteiger partial charge on any atom is -0.507 e. The zero-order chi connectivity index (χ0) is 23.5. The van der Waals surface area contributed by atoms with Crippen LogP contribution >= 0.6 is 23.2 Å². The van der Waals surface area contributed by atoms with Gasteiger partial charge in [-0.15, -0.1) is 0 Å². The Bertz CT molecular complexity index is 1210. The fourth-order valence-electron chi connectivity index (χ4n) is 3.95. The lowest BCUT2D eigenvalue weighted by atomic mass is 9.95. The van der Waals surface area contributed by atoms with Gasteiger partial charge in [0.05, 0.1) is 30.3 Å². The molecule has 1 saturated heterocycles. The number of aromatic nitrogens is 2. The maximum atomic E-state index is 13.1. The van der Waals surface area contributed by atoms with Crippen LogP contribution in [0.25, 0.3) is 5.76 Å². The molecule has 1 unspecified atom stereocenters. The molecule has 2 N–H and O–H groups in total. The van der Waals surface area contributed by atoms with E-state index in [1.165, 1.54) is 18.1 Å². The van der Waals surface area contributed by atoms with E-state index in [0.717, 1.165) is 0 Å². The molecule has 1 aromatic heterocycles. The van der Waals surface area contributed by atoms with Crippen LogP contribution in [0.5, 0.6) is 5.75 Å². The first-order valence-electron chi connectivity index (χ1n) is 10.3. The normalized spacial score (nSPS) is 17.5. The molecule has 0 bridgehead atoms. The van der Waals surface area contributed by atoms with E-state index in [0.29, 0.717) is 41.4 Å². The third-order valence-electron chi connectivity index (χ3n) is 5.57. The number of H-pyrrole nitrogens is 1. The average molecular weight is 487 g/mol. The van der Waals surface area contributed by atoms with E-state index in [1.807, 2.05) is 17.1 Å². The van der Waals surface area contributed by atoms with Crippen molar-refractivity contribution in [1.29, 1.82) is 0 Å². The van der Waals surface area contributed by atoms with Crippen LogP contribution in [0.2, 0.25) is 10.0 Å². The number of methoxy groups -OCH3 is 1. The molecule has 2 aromatic carbocycles. The van der Waals surface area contributed by atoms with Gasteiger partial charge in [-0.3, -0.25) is 14.6 Å². The number of rotatable bonds is 7. The number of benzene rings is 2. The largest absolute Gasteiger partial charge is 0.507 e. The van der Waals surface area contributed by atoms with Gasteiger partial charge in [0.2, 0.25) is 6.33 Å². The van der Waals surface area contributed by atoms with Gasteiger partial charge in [-0.2, -0.15) is 0 Å². The molecule has 3 aromatic rings. The molecule has 1 atom stereocenters. The molecular weight excluding hydrogens is 465 g/mol. The number of nitrogens with one attached hydrogen (secondary N) is 1. The minimum atomic E-state index is -0.751. The number of aliphatic hydroxyl groups is 1. The number of aromatic amines is 1. The number of ketones is 1. The number of hydrogen-bond acceptors (Lipinski definition) is 4. The van der Waals surface area contributed by atoms with Gasteiger partial charge in [0.25, 0.3) is 11.7 Å². The van der Waals surface area contributed by atoms with E-state index in [1.54, 1.807) is 42.6 Å². The number of amides is 1. The molecule has 2 heterocycles. The summed E-state index contributed by atoms with van der Waals surface area (Å²) < 4.78 is 7.11. The third-order valence-corrected chi connectivity index (χ3v) is 6.12. The second-order valence-electron chi connectivity index (χ2n) is 7.60. The Kier molecular flexibility index (Phi) is 6.72. The summed E-state index contributed by atoms with van der Waals surface area (Å²) in [6.45, 7) is 0.990. The highest BCUT2D eigenvalue weighted by atomic mass is 35.5. The van der Waals surface area contributed by atoms with E-state index in [2.05, 4.69) is 4.98 Å². The Labute approximate surface area is 200 Å². The Hall–Kier alpha value is -3.29. The molecule has 1 aliphatic rings. The molecule has 0 aliphatic carbocycles. The molecule has 33 heavy (non-hydrogen) atoms. The summed E-state index contributed by atoms with van der Waals surface area (Å²) in [5.41, 5.74) is 1.01. The Morgan fingerprint density at radius 2 is 1.94 bits per heavy atom. The molecule has 0 saturated carbocycles.